The SMILES string of the molecule is Cc1cc(-c2ccc(NC(=O)[C@H](C)c3cccc(Cl)c3)cc2)ccn1. The maximum absolute atomic E-state index is 12.5. The van der Waals surface area contributed by atoms with Gasteiger partial charge in [0.05, 0.1) is 5.92 Å². The van der Waals surface area contributed by atoms with Crippen LogP contribution >= 0.6 is 11.6 Å². The predicted octanol–water partition coefficient (Wildman–Crippen LogP) is 5.45. The van der Waals surface area contributed by atoms with E-state index in [1.54, 1.807) is 12.3 Å². The standard InChI is InChI=1S/C21H19ClN2O/c1-14-12-18(10-11-23-14)16-6-8-20(9-7-16)24-21(25)15(2)17-4-3-5-19(22)13-17/h3-13,15H,1-2H3,(H,24,25)/t15-/m1/s1. The smallest absolute Gasteiger partial charge is 0.231 e. The fraction of sp³-hybridized carbons (Fsp3) is 0.143. The molecule has 2 aromatic carbocycles. The molecule has 3 rings (SSSR count). The molecule has 4 heteroatoms. The van der Waals surface area contributed by atoms with E-state index in [9.17, 15) is 4.79 Å². The van der Waals surface area contributed by atoms with Crippen molar-refractivity contribution < 1.29 is 4.79 Å². The average Bonchev–Trinajstić information content (AvgIpc) is 2.61. The Balaban J connectivity index is 1.72. The Morgan fingerprint density at radius 1 is 1.04 bits per heavy atom. The second-order valence-electron chi connectivity index (χ2n) is 6.03. The Labute approximate surface area is 152 Å². The van der Waals surface area contributed by atoms with Gasteiger partial charge in [-0.25, -0.2) is 0 Å². The van der Waals surface area contributed by atoms with E-state index in [4.69, 9.17) is 11.6 Å². The highest BCUT2D eigenvalue weighted by Gasteiger charge is 2.15. The summed E-state index contributed by atoms with van der Waals surface area (Å²) in [4.78, 5) is 16.7. The van der Waals surface area contributed by atoms with Crippen molar-refractivity contribution >= 4 is 23.2 Å². The summed E-state index contributed by atoms with van der Waals surface area (Å²) in [6, 6.07) is 19.2. The zero-order chi connectivity index (χ0) is 17.8. The van der Waals surface area contributed by atoms with E-state index in [1.807, 2.05) is 68.4 Å². The summed E-state index contributed by atoms with van der Waals surface area (Å²) in [5, 5.41) is 3.59. The number of hydrogen-bond acceptors (Lipinski definition) is 2. The van der Waals surface area contributed by atoms with Crippen LogP contribution in [0.15, 0.2) is 66.9 Å². The summed E-state index contributed by atoms with van der Waals surface area (Å²) in [6.45, 7) is 3.84. The lowest BCUT2D eigenvalue weighted by Gasteiger charge is -2.13. The molecule has 1 amide bonds. The molecule has 0 aliphatic carbocycles. The molecule has 1 N–H and O–H groups in total. The molecule has 126 valence electrons. The first-order valence-corrected chi connectivity index (χ1v) is 8.50. The number of anilines is 1. The molecule has 0 saturated heterocycles. The van der Waals surface area contributed by atoms with Gasteiger partial charge < -0.3 is 5.32 Å². The Morgan fingerprint density at radius 3 is 2.48 bits per heavy atom. The monoisotopic (exact) mass is 350 g/mol. The molecule has 1 aromatic heterocycles. The molecular formula is C21H19ClN2O. The van der Waals surface area contributed by atoms with Crippen LogP contribution in [0, 0.1) is 6.92 Å². The van der Waals surface area contributed by atoms with Crippen molar-refractivity contribution in [2.75, 3.05) is 5.32 Å². The van der Waals surface area contributed by atoms with Gasteiger partial charge in [-0.15, -0.1) is 0 Å². The van der Waals surface area contributed by atoms with Crippen molar-refractivity contribution in [1.82, 2.24) is 4.98 Å². The molecule has 3 aromatic rings. The van der Waals surface area contributed by atoms with Crippen LogP contribution in [0.5, 0.6) is 0 Å². The Bertz CT molecular complexity index is 890. The van der Waals surface area contributed by atoms with Gasteiger partial charge in [-0.2, -0.15) is 0 Å². The van der Waals surface area contributed by atoms with E-state index in [0.29, 0.717) is 5.02 Å². The van der Waals surface area contributed by atoms with Crippen molar-refractivity contribution in [2.45, 2.75) is 19.8 Å². The maximum Gasteiger partial charge on any atom is 0.231 e. The third kappa shape index (κ3) is 4.25. The van der Waals surface area contributed by atoms with Gasteiger partial charge in [0.15, 0.2) is 0 Å². The molecule has 1 heterocycles. The van der Waals surface area contributed by atoms with Gasteiger partial charge in [-0.05, 0) is 66.9 Å². The highest BCUT2D eigenvalue weighted by atomic mass is 35.5. The molecular weight excluding hydrogens is 332 g/mol. The number of hydrogen-bond donors (Lipinski definition) is 1. The second kappa shape index (κ2) is 7.49. The van der Waals surface area contributed by atoms with Crippen LogP contribution in [0.2, 0.25) is 5.02 Å². The zero-order valence-electron chi connectivity index (χ0n) is 14.2. The van der Waals surface area contributed by atoms with Crippen LogP contribution in [-0.4, -0.2) is 10.9 Å². The van der Waals surface area contributed by atoms with Crippen LogP contribution in [0.3, 0.4) is 0 Å². The molecule has 0 bridgehead atoms. The number of carbonyl (C=O) groups excluding carboxylic acids is 1. The number of aromatic nitrogens is 1. The first-order chi connectivity index (χ1) is 12.0. The topological polar surface area (TPSA) is 42.0 Å². The Hall–Kier alpha value is -2.65. The Morgan fingerprint density at radius 2 is 1.80 bits per heavy atom. The largest absolute Gasteiger partial charge is 0.326 e. The normalized spacial score (nSPS) is 11.8. The number of halogens is 1. The van der Waals surface area contributed by atoms with Crippen molar-refractivity contribution in [3.05, 3.63) is 83.1 Å². The van der Waals surface area contributed by atoms with E-state index in [2.05, 4.69) is 10.3 Å². The van der Waals surface area contributed by atoms with Crippen molar-refractivity contribution in [1.29, 1.82) is 0 Å². The van der Waals surface area contributed by atoms with Gasteiger partial charge in [0.1, 0.15) is 0 Å². The molecule has 0 unspecified atom stereocenters. The predicted molar refractivity (Wildman–Crippen MR) is 103 cm³/mol. The number of aryl methyl sites for hydroxylation is 1. The zero-order valence-corrected chi connectivity index (χ0v) is 14.9. The van der Waals surface area contributed by atoms with E-state index in [0.717, 1.165) is 28.1 Å². The minimum Gasteiger partial charge on any atom is -0.326 e. The fourth-order valence-corrected chi connectivity index (χ4v) is 2.85. The molecule has 0 spiro atoms. The molecule has 0 aliphatic heterocycles. The number of pyridine rings is 1. The first-order valence-electron chi connectivity index (χ1n) is 8.12. The molecule has 0 radical (unpaired) electrons. The van der Waals surface area contributed by atoms with E-state index in [-0.39, 0.29) is 11.8 Å². The Kier molecular flexibility index (Phi) is 5.15. The van der Waals surface area contributed by atoms with Gasteiger partial charge in [-0.1, -0.05) is 35.9 Å². The summed E-state index contributed by atoms with van der Waals surface area (Å²) >= 11 is 6.00. The van der Waals surface area contributed by atoms with E-state index in [1.165, 1.54) is 0 Å². The maximum atomic E-state index is 12.5. The van der Waals surface area contributed by atoms with Crippen molar-refractivity contribution in [3.8, 4) is 11.1 Å². The average molecular weight is 351 g/mol. The summed E-state index contributed by atoms with van der Waals surface area (Å²) in [6.07, 6.45) is 1.80. The molecule has 0 fully saturated rings. The number of nitrogens with one attached hydrogen (secondary N) is 1. The lowest BCUT2D eigenvalue weighted by Crippen LogP contribution is -2.18. The number of rotatable bonds is 4. The highest BCUT2D eigenvalue weighted by molar-refractivity contribution is 6.30. The molecule has 1 atom stereocenters. The van der Waals surface area contributed by atoms with Crippen molar-refractivity contribution in [2.24, 2.45) is 0 Å². The van der Waals surface area contributed by atoms with Crippen LogP contribution in [0.1, 0.15) is 24.1 Å². The highest BCUT2D eigenvalue weighted by Crippen LogP contribution is 2.24. The van der Waals surface area contributed by atoms with Crippen LogP contribution < -0.4 is 5.32 Å². The number of amides is 1. The lowest BCUT2D eigenvalue weighted by atomic mass is 10.00. The van der Waals surface area contributed by atoms with Gasteiger partial charge in [0, 0.05) is 22.6 Å². The minimum absolute atomic E-state index is 0.0604. The summed E-state index contributed by atoms with van der Waals surface area (Å²) in [5.41, 5.74) is 4.84. The summed E-state index contributed by atoms with van der Waals surface area (Å²) in [7, 11) is 0. The third-order valence-electron chi connectivity index (χ3n) is 4.12. The first kappa shape index (κ1) is 17.2. The van der Waals surface area contributed by atoms with Crippen molar-refractivity contribution in [3.63, 3.8) is 0 Å². The molecule has 3 nitrogen and oxygen atoms in total. The van der Waals surface area contributed by atoms with Crippen LogP contribution in [0.4, 0.5) is 5.69 Å². The van der Waals surface area contributed by atoms with Crippen LogP contribution in [-0.2, 0) is 4.79 Å². The van der Waals surface area contributed by atoms with Gasteiger partial charge >= 0.3 is 0 Å². The fourth-order valence-electron chi connectivity index (χ4n) is 2.65. The molecule has 0 saturated carbocycles. The summed E-state index contributed by atoms with van der Waals surface area (Å²) in [5.74, 6) is -0.337. The third-order valence-corrected chi connectivity index (χ3v) is 4.36. The number of nitrogens with zero attached hydrogens (tertiary/aromatic N) is 1. The van der Waals surface area contributed by atoms with E-state index >= 15 is 0 Å². The lowest BCUT2D eigenvalue weighted by molar-refractivity contribution is -0.117. The molecule has 0 aliphatic rings. The minimum atomic E-state index is -0.277. The van der Waals surface area contributed by atoms with Gasteiger partial charge in [0.2, 0.25) is 5.91 Å². The number of benzene rings is 2. The van der Waals surface area contributed by atoms with E-state index < -0.39 is 0 Å². The van der Waals surface area contributed by atoms with Crippen LogP contribution in [0.25, 0.3) is 11.1 Å². The molecule has 25 heavy (non-hydrogen) atoms. The van der Waals surface area contributed by atoms with Gasteiger partial charge in [-0.3, -0.25) is 9.78 Å². The number of carbonyl (C=O) groups is 1. The summed E-state index contributed by atoms with van der Waals surface area (Å²) < 4.78 is 0. The van der Waals surface area contributed by atoms with Gasteiger partial charge in [0.25, 0.3) is 0 Å². The quantitative estimate of drug-likeness (QED) is 0.679. The second-order valence-corrected chi connectivity index (χ2v) is 6.47.